The first-order chi connectivity index (χ1) is 17.1. The van der Waals surface area contributed by atoms with Crippen LogP contribution in [0.15, 0.2) is 84.9 Å². The Morgan fingerprint density at radius 2 is 1.49 bits per heavy atom. The number of thioether (sulfide) groups is 1. The van der Waals surface area contributed by atoms with Crippen molar-refractivity contribution in [3.63, 3.8) is 0 Å². The van der Waals surface area contributed by atoms with Crippen molar-refractivity contribution in [3.8, 4) is 0 Å². The van der Waals surface area contributed by atoms with Crippen molar-refractivity contribution >= 4 is 23.6 Å². The Balaban J connectivity index is 1.77. The maximum atomic E-state index is 13.6. The third-order valence-corrected chi connectivity index (χ3v) is 6.90. The van der Waals surface area contributed by atoms with E-state index in [2.05, 4.69) is 29.6 Å². The molecule has 184 valence electrons. The van der Waals surface area contributed by atoms with Gasteiger partial charge in [-0.15, -0.1) is 0 Å². The van der Waals surface area contributed by atoms with Crippen molar-refractivity contribution < 1.29 is 9.59 Å². The maximum Gasteiger partial charge on any atom is 0.243 e. The first kappa shape index (κ1) is 26.6. The summed E-state index contributed by atoms with van der Waals surface area (Å²) in [5.74, 6) is 1.51. The molecular formula is C30H36N2O2S. The van der Waals surface area contributed by atoms with Crippen LogP contribution >= 0.6 is 11.8 Å². The van der Waals surface area contributed by atoms with E-state index in [-0.39, 0.29) is 11.8 Å². The molecule has 0 saturated heterocycles. The van der Waals surface area contributed by atoms with Crippen molar-refractivity contribution in [2.75, 3.05) is 12.3 Å². The van der Waals surface area contributed by atoms with Gasteiger partial charge in [-0.2, -0.15) is 11.8 Å². The molecule has 0 aliphatic carbocycles. The molecule has 4 nitrogen and oxygen atoms in total. The van der Waals surface area contributed by atoms with Gasteiger partial charge in [0.15, 0.2) is 0 Å². The maximum absolute atomic E-state index is 13.6. The summed E-state index contributed by atoms with van der Waals surface area (Å²) in [6.45, 7) is 5.10. The minimum absolute atomic E-state index is 0.0127. The van der Waals surface area contributed by atoms with Crippen LogP contribution in [0.3, 0.4) is 0 Å². The standard InChI is InChI=1S/C30H36N2O2S/c1-3-19-31-30(34)28(21-25-10-6-4-7-11-25)32(22-26-16-14-24(2)15-17-26)29(33)18-20-35-23-27-12-8-5-9-13-27/h4-17,28H,3,18-23H2,1-2H3,(H,31,34). The predicted octanol–water partition coefficient (Wildman–Crippen LogP) is 5.78. The summed E-state index contributed by atoms with van der Waals surface area (Å²) >= 11 is 1.75. The van der Waals surface area contributed by atoms with E-state index in [1.54, 1.807) is 16.7 Å². The van der Waals surface area contributed by atoms with Gasteiger partial charge in [-0.3, -0.25) is 9.59 Å². The van der Waals surface area contributed by atoms with Crippen LogP contribution in [0.2, 0.25) is 0 Å². The fourth-order valence-electron chi connectivity index (χ4n) is 3.88. The number of carbonyl (C=O) groups excluding carboxylic acids is 2. The second-order valence-electron chi connectivity index (χ2n) is 8.79. The fourth-order valence-corrected chi connectivity index (χ4v) is 4.77. The van der Waals surface area contributed by atoms with Gasteiger partial charge in [-0.1, -0.05) is 97.4 Å². The van der Waals surface area contributed by atoms with Gasteiger partial charge in [0, 0.05) is 37.4 Å². The third-order valence-electron chi connectivity index (χ3n) is 5.87. The average Bonchev–Trinajstić information content (AvgIpc) is 2.89. The van der Waals surface area contributed by atoms with E-state index in [0.29, 0.717) is 31.7 Å². The minimum atomic E-state index is -0.558. The molecule has 0 bridgehead atoms. The van der Waals surface area contributed by atoms with Gasteiger partial charge in [0.05, 0.1) is 0 Å². The Bertz CT molecular complexity index is 1040. The van der Waals surface area contributed by atoms with Gasteiger partial charge in [-0.25, -0.2) is 0 Å². The summed E-state index contributed by atoms with van der Waals surface area (Å²) < 4.78 is 0. The summed E-state index contributed by atoms with van der Waals surface area (Å²) in [6.07, 6.45) is 1.74. The first-order valence-corrected chi connectivity index (χ1v) is 13.5. The van der Waals surface area contributed by atoms with Crippen molar-refractivity contribution in [3.05, 3.63) is 107 Å². The number of benzene rings is 3. The highest BCUT2D eigenvalue weighted by molar-refractivity contribution is 7.98. The highest BCUT2D eigenvalue weighted by Gasteiger charge is 2.29. The van der Waals surface area contributed by atoms with E-state index in [1.165, 1.54) is 11.1 Å². The molecule has 3 aromatic rings. The quantitative estimate of drug-likeness (QED) is 0.310. The van der Waals surface area contributed by atoms with Gasteiger partial charge in [0.25, 0.3) is 0 Å². The second-order valence-corrected chi connectivity index (χ2v) is 9.90. The Kier molecular flexibility index (Phi) is 10.9. The lowest BCUT2D eigenvalue weighted by atomic mass is 10.0. The number of aryl methyl sites for hydroxylation is 1. The van der Waals surface area contributed by atoms with Crippen LogP contribution in [0.1, 0.15) is 42.0 Å². The summed E-state index contributed by atoms with van der Waals surface area (Å²) in [4.78, 5) is 28.7. The van der Waals surface area contributed by atoms with Crippen LogP contribution in [0, 0.1) is 6.92 Å². The molecule has 3 rings (SSSR count). The smallest absolute Gasteiger partial charge is 0.243 e. The molecule has 0 spiro atoms. The predicted molar refractivity (Wildman–Crippen MR) is 146 cm³/mol. The molecule has 35 heavy (non-hydrogen) atoms. The van der Waals surface area contributed by atoms with Crippen LogP contribution in [0.4, 0.5) is 0 Å². The third kappa shape index (κ3) is 8.91. The molecular weight excluding hydrogens is 452 g/mol. The highest BCUT2D eigenvalue weighted by Crippen LogP contribution is 2.19. The van der Waals surface area contributed by atoms with E-state index in [0.717, 1.165) is 23.3 Å². The van der Waals surface area contributed by atoms with Gasteiger partial charge in [0.2, 0.25) is 11.8 Å². The zero-order valence-electron chi connectivity index (χ0n) is 20.8. The van der Waals surface area contributed by atoms with E-state index >= 15 is 0 Å². The van der Waals surface area contributed by atoms with Crippen LogP contribution < -0.4 is 5.32 Å². The van der Waals surface area contributed by atoms with E-state index in [1.807, 2.05) is 74.5 Å². The zero-order valence-corrected chi connectivity index (χ0v) is 21.6. The van der Waals surface area contributed by atoms with Gasteiger partial charge < -0.3 is 10.2 Å². The number of carbonyl (C=O) groups is 2. The molecule has 2 amide bonds. The molecule has 0 aliphatic rings. The van der Waals surface area contributed by atoms with Crippen LogP contribution in [0.25, 0.3) is 0 Å². The lowest BCUT2D eigenvalue weighted by molar-refractivity contribution is -0.141. The summed E-state index contributed by atoms with van der Waals surface area (Å²) in [6, 6.07) is 27.9. The summed E-state index contributed by atoms with van der Waals surface area (Å²) in [5.41, 5.74) is 4.50. The second kappa shape index (κ2) is 14.4. The Morgan fingerprint density at radius 1 is 0.857 bits per heavy atom. The molecule has 0 heterocycles. The molecule has 0 fully saturated rings. The Labute approximate surface area is 214 Å². The number of rotatable bonds is 13. The zero-order chi connectivity index (χ0) is 24.9. The number of hydrogen-bond donors (Lipinski definition) is 1. The van der Waals surface area contributed by atoms with E-state index < -0.39 is 6.04 Å². The van der Waals surface area contributed by atoms with E-state index in [4.69, 9.17) is 0 Å². The molecule has 0 aromatic heterocycles. The lowest BCUT2D eigenvalue weighted by Crippen LogP contribution is -2.50. The topological polar surface area (TPSA) is 49.4 Å². The van der Waals surface area contributed by atoms with Crippen LogP contribution in [-0.4, -0.2) is 35.1 Å². The SMILES string of the molecule is CCCNC(=O)C(Cc1ccccc1)N(Cc1ccc(C)cc1)C(=O)CCSCc1ccccc1. The van der Waals surface area contributed by atoms with Gasteiger partial charge >= 0.3 is 0 Å². The van der Waals surface area contributed by atoms with Crippen LogP contribution in [0.5, 0.6) is 0 Å². The van der Waals surface area contributed by atoms with Crippen molar-refractivity contribution in [2.24, 2.45) is 0 Å². The van der Waals surface area contributed by atoms with Gasteiger partial charge in [-0.05, 0) is 30.0 Å². The number of nitrogens with one attached hydrogen (secondary N) is 1. The van der Waals surface area contributed by atoms with Crippen molar-refractivity contribution in [1.29, 1.82) is 0 Å². The molecule has 3 aromatic carbocycles. The summed E-state index contributed by atoms with van der Waals surface area (Å²) in [7, 11) is 0. The van der Waals surface area contributed by atoms with Crippen LogP contribution in [-0.2, 0) is 28.3 Å². The largest absolute Gasteiger partial charge is 0.354 e. The molecule has 0 aliphatic heterocycles. The highest BCUT2D eigenvalue weighted by atomic mass is 32.2. The fraction of sp³-hybridized carbons (Fsp3) is 0.333. The first-order valence-electron chi connectivity index (χ1n) is 12.3. The molecule has 5 heteroatoms. The van der Waals surface area contributed by atoms with E-state index in [9.17, 15) is 9.59 Å². The number of nitrogens with zero attached hydrogens (tertiary/aromatic N) is 1. The molecule has 1 N–H and O–H groups in total. The summed E-state index contributed by atoms with van der Waals surface area (Å²) in [5, 5.41) is 3.03. The normalized spacial score (nSPS) is 11.6. The monoisotopic (exact) mass is 488 g/mol. The molecule has 0 saturated carbocycles. The van der Waals surface area contributed by atoms with Gasteiger partial charge in [0.1, 0.15) is 6.04 Å². The lowest BCUT2D eigenvalue weighted by Gasteiger charge is -2.31. The Morgan fingerprint density at radius 3 is 2.11 bits per heavy atom. The van der Waals surface area contributed by atoms with Crippen molar-refractivity contribution in [2.45, 2.75) is 51.4 Å². The van der Waals surface area contributed by atoms with Crippen molar-refractivity contribution in [1.82, 2.24) is 10.2 Å². The number of amides is 2. The molecule has 0 radical (unpaired) electrons. The minimum Gasteiger partial charge on any atom is -0.354 e. The number of hydrogen-bond acceptors (Lipinski definition) is 3. The Hall–Kier alpha value is -3.05. The molecule has 1 unspecified atom stereocenters. The molecule has 1 atom stereocenters. The average molecular weight is 489 g/mol.